The highest BCUT2D eigenvalue weighted by molar-refractivity contribution is 5.80. The first-order chi connectivity index (χ1) is 10.3. The number of nitrogens with zero attached hydrogens (tertiary/aromatic N) is 2. The summed E-state index contributed by atoms with van der Waals surface area (Å²) in [5, 5.41) is 9.17. The summed E-state index contributed by atoms with van der Waals surface area (Å²) < 4.78 is 1.99. The topological polar surface area (TPSA) is 29.9 Å². The molecule has 1 heterocycles. The van der Waals surface area contributed by atoms with Crippen molar-refractivity contribution in [1.29, 1.82) is 0 Å². The van der Waals surface area contributed by atoms with E-state index in [0.29, 0.717) is 6.04 Å². The number of aromatic nitrogens is 2. The molecule has 3 nitrogen and oxygen atoms in total. The van der Waals surface area contributed by atoms with Crippen LogP contribution in [0, 0.1) is 0 Å². The highest BCUT2D eigenvalue weighted by Gasteiger charge is 2.08. The standard InChI is InChI=1S/C18H21N3/c1-3-17(19-4-2)14-9-11-16(12-10-14)21-18-8-6-5-7-15(18)13-20-21/h5-13,17,19H,3-4H2,1-2H3. The molecule has 0 aliphatic heterocycles. The third-order valence-corrected chi connectivity index (χ3v) is 3.88. The van der Waals surface area contributed by atoms with Gasteiger partial charge in [0.25, 0.3) is 0 Å². The average Bonchev–Trinajstić information content (AvgIpc) is 2.97. The van der Waals surface area contributed by atoms with E-state index in [1.54, 1.807) is 0 Å². The molecule has 0 bridgehead atoms. The van der Waals surface area contributed by atoms with Crippen LogP contribution in [0.5, 0.6) is 0 Å². The fraction of sp³-hybridized carbons (Fsp3) is 0.278. The molecule has 0 spiro atoms. The monoisotopic (exact) mass is 279 g/mol. The van der Waals surface area contributed by atoms with Crippen molar-refractivity contribution in [2.45, 2.75) is 26.3 Å². The molecule has 1 unspecified atom stereocenters. The second kappa shape index (κ2) is 6.10. The largest absolute Gasteiger partial charge is 0.310 e. The van der Waals surface area contributed by atoms with Crippen molar-refractivity contribution < 1.29 is 0 Å². The van der Waals surface area contributed by atoms with Gasteiger partial charge in [0.2, 0.25) is 0 Å². The van der Waals surface area contributed by atoms with Gasteiger partial charge in [0, 0.05) is 11.4 Å². The Bertz CT molecular complexity index is 713. The number of para-hydroxylation sites is 1. The van der Waals surface area contributed by atoms with Gasteiger partial charge < -0.3 is 5.32 Å². The molecule has 0 radical (unpaired) electrons. The summed E-state index contributed by atoms with van der Waals surface area (Å²) in [6.45, 7) is 5.35. The maximum absolute atomic E-state index is 4.50. The fourth-order valence-corrected chi connectivity index (χ4v) is 2.77. The van der Waals surface area contributed by atoms with E-state index in [1.165, 1.54) is 10.9 Å². The van der Waals surface area contributed by atoms with E-state index in [-0.39, 0.29) is 0 Å². The first-order valence-electron chi connectivity index (χ1n) is 7.60. The van der Waals surface area contributed by atoms with E-state index >= 15 is 0 Å². The minimum absolute atomic E-state index is 0.429. The maximum Gasteiger partial charge on any atom is 0.0741 e. The quantitative estimate of drug-likeness (QED) is 0.762. The number of hydrogen-bond donors (Lipinski definition) is 1. The van der Waals surface area contributed by atoms with E-state index in [4.69, 9.17) is 0 Å². The molecule has 3 heteroatoms. The highest BCUT2D eigenvalue weighted by atomic mass is 15.3. The summed E-state index contributed by atoms with van der Waals surface area (Å²) in [5.74, 6) is 0. The molecule has 1 N–H and O–H groups in total. The van der Waals surface area contributed by atoms with Crippen LogP contribution in [0.15, 0.2) is 54.7 Å². The number of benzene rings is 2. The van der Waals surface area contributed by atoms with Gasteiger partial charge in [0.05, 0.1) is 17.4 Å². The summed E-state index contributed by atoms with van der Waals surface area (Å²) in [6, 6.07) is 17.4. The smallest absolute Gasteiger partial charge is 0.0741 e. The van der Waals surface area contributed by atoms with Gasteiger partial charge in [0.1, 0.15) is 0 Å². The highest BCUT2D eigenvalue weighted by Crippen LogP contribution is 2.21. The lowest BCUT2D eigenvalue weighted by Crippen LogP contribution is -2.19. The van der Waals surface area contributed by atoms with Crippen LogP contribution in [0.4, 0.5) is 0 Å². The Labute approximate surface area is 125 Å². The van der Waals surface area contributed by atoms with Crippen LogP contribution in [0.1, 0.15) is 31.9 Å². The Balaban J connectivity index is 1.93. The minimum atomic E-state index is 0.429. The summed E-state index contributed by atoms with van der Waals surface area (Å²) in [6.07, 6.45) is 3.01. The predicted octanol–water partition coefficient (Wildman–Crippen LogP) is 4.09. The van der Waals surface area contributed by atoms with Gasteiger partial charge in [-0.25, -0.2) is 4.68 Å². The zero-order valence-corrected chi connectivity index (χ0v) is 12.6. The first-order valence-corrected chi connectivity index (χ1v) is 7.60. The van der Waals surface area contributed by atoms with Gasteiger partial charge >= 0.3 is 0 Å². The van der Waals surface area contributed by atoms with Crippen LogP contribution in [-0.2, 0) is 0 Å². The van der Waals surface area contributed by atoms with Crippen LogP contribution in [-0.4, -0.2) is 16.3 Å². The molecule has 0 fully saturated rings. The molecule has 1 atom stereocenters. The lowest BCUT2D eigenvalue weighted by atomic mass is 10.0. The second-order valence-electron chi connectivity index (χ2n) is 5.23. The molecule has 0 saturated heterocycles. The molecule has 2 aromatic carbocycles. The lowest BCUT2D eigenvalue weighted by molar-refractivity contribution is 0.537. The van der Waals surface area contributed by atoms with Gasteiger partial charge in [-0.2, -0.15) is 5.10 Å². The Hall–Kier alpha value is -2.13. The van der Waals surface area contributed by atoms with Crippen molar-refractivity contribution in [3.63, 3.8) is 0 Å². The van der Waals surface area contributed by atoms with Crippen molar-refractivity contribution in [2.24, 2.45) is 0 Å². The lowest BCUT2D eigenvalue weighted by Gasteiger charge is -2.16. The van der Waals surface area contributed by atoms with Crippen molar-refractivity contribution >= 4 is 10.9 Å². The maximum atomic E-state index is 4.50. The third-order valence-electron chi connectivity index (χ3n) is 3.88. The van der Waals surface area contributed by atoms with Crippen LogP contribution >= 0.6 is 0 Å². The van der Waals surface area contributed by atoms with E-state index in [0.717, 1.165) is 24.2 Å². The zero-order valence-electron chi connectivity index (χ0n) is 12.6. The number of hydrogen-bond acceptors (Lipinski definition) is 2. The van der Waals surface area contributed by atoms with E-state index in [2.05, 4.69) is 60.7 Å². The van der Waals surface area contributed by atoms with E-state index in [9.17, 15) is 0 Å². The van der Waals surface area contributed by atoms with Gasteiger partial charge in [-0.05, 0) is 36.7 Å². The van der Waals surface area contributed by atoms with Crippen LogP contribution < -0.4 is 5.32 Å². The van der Waals surface area contributed by atoms with Gasteiger partial charge in [-0.3, -0.25) is 0 Å². The first kappa shape index (κ1) is 13.8. The summed E-state index contributed by atoms with van der Waals surface area (Å²) in [7, 11) is 0. The number of rotatable bonds is 5. The molecule has 1 aromatic heterocycles. The molecular weight excluding hydrogens is 258 g/mol. The van der Waals surface area contributed by atoms with Crippen LogP contribution in [0.2, 0.25) is 0 Å². The van der Waals surface area contributed by atoms with Crippen molar-refractivity contribution in [3.05, 3.63) is 60.3 Å². The Morgan fingerprint density at radius 2 is 1.81 bits per heavy atom. The molecule has 108 valence electrons. The number of nitrogens with one attached hydrogen (secondary N) is 1. The Morgan fingerprint density at radius 1 is 1.05 bits per heavy atom. The van der Waals surface area contributed by atoms with Crippen LogP contribution in [0.25, 0.3) is 16.6 Å². The second-order valence-corrected chi connectivity index (χ2v) is 5.23. The normalized spacial score (nSPS) is 12.7. The van der Waals surface area contributed by atoms with Crippen molar-refractivity contribution in [3.8, 4) is 5.69 Å². The molecule has 0 aliphatic rings. The van der Waals surface area contributed by atoms with Gasteiger partial charge in [-0.15, -0.1) is 0 Å². The zero-order chi connectivity index (χ0) is 14.7. The van der Waals surface area contributed by atoms with Crippen LogP contribution in [0.3, 0.4) is 0 Å². The molecule has 3 rings (SSSR count). The third kappa shape index (κ3) is 2.69. The molecule has 0 saturated carbocycles. The fourth-order valence-electron chi connectivity index (χ4n) is 2.77. The summed E-state index contributed by atoms with van der Waals surface area (Å²) in [4.78, 5) is 0. The molecule has 0 amide bonds. The molecule has 21 heavy (non-hydrogen) atoms. The SMILES string of the molecule is CCNC(CC)c1ccc(-n2ncc3ccccc32)cc1. The predicted molar refractivity (Wildman–Crippen MR) is 87.8 cm³/mol. The Kier molecular flexibility index (Phi) is 4.02. The minimum Gasteiger partial charge on any atom is -0.310 e. The van der Waals surface area contributed by atoms with Crippen molar-refractivity contribution in [1.82, 2.24) is 15.1 Å². The Morgan fingerprint density at radius 3 is 2.52 bits per heavy atom. The van der Waals surface area contributed by atoms with Gasteiger partial charge in [0.15, 0.2) is 0 Å². The summed E-state index contributed by atoms with van der Waals surface area (Å²) >= 11 is 0. The van der Waals surface area contributed by atoms with E-state index < -0.39 is 0 Å². The molecular formula is C18H21N3. The molecule has 0 aliphatic carbocycles. The average molecular weight is 279 g/mol. The summed E-state index contributed by atoms with van der Waals surface area (Å²) in [5.41, 5.74) is 3.58. The van der Waals surface area contributed by atoms with E-state index in [1.807, 2.05) is 23.0 Å². The number of fused-ring (bicyclic) bond motifs is 1. The molecule has 3 aromatic rings. The van der Waals surface area contributed by atoms with Gasteiger partial charge in [-0.1, -0.05) is 44.2 Å². The van der Waals surface area contributed by atoms with Crippen molar-refractivity contribution in [2.75, 3.05) is 6.54 Å².